The largest absolute Gasteiger partial charge is 0.381 e. The Morgan fingerprint density at radius 3 is 2.50 bits per heavy atom. The average molecular weight is 337 g/mol. The van der Waals surface area contributed by atoms with Crippen LogP contribution in [0.25, 0.3) is 0 Å². The lowest BCUT2D eigenvalue weighted by Gasteiger charge is -2.43. The van der Waals surface area contributed by atoms with E-state index in [4.69, 9.17) is 4.74 Å². The molecule has 0 aromatic heterocycles. The van der Waals surface area contributed by atoms with Crippen LogP contribution in [0.5, 0.6) is 0 Å². The Balaban J connectivity index is 1.95. The van der Waals surface area contributed by atoms with E-state index >= 15 is 0 Å². The first-order valence-corrected chi connectivity index (χ1v) is 8.12. The van der Waals surface area contributed by atoms with Crippen LogP contribution in [-0.4, -0.2) is 19.0 Å². The fourth-order valence-electron chi connectivity index (χ4n) is 4.55. The molecule has 108 valence electrons. The van der Waals surface area contributed by atoms with Gasteiger partial charge in [-0.25, -0.2) is 0 Å². The fraction of sp³-hybridized carbons (Fsp3) is 0.588. The number of Topliss-reactive ketones (excluding diaryl/α,β-unsaturated/α-hetero) is 1. The van der Waals surface area contributed by atoms with Gasteiger partial charge in [-0.3, -0.25) is 4.79 Å². The Labute approximate surface area is 129 Å². The third kappa shape index (κ3) is 2.06. The lowest BCUT2D eigenvalue weighted by Crippen LogP contribution is -2.44. The van der Waals surface area contributed by atoms with E-state index in [0.717, 1.165) is 29.3 Å². The summed E-state index contributed by atoms with van der Waals surface area (Å²) in [5, 5.41) is 0. The van der Waals surface area contributed by atoms with Crippen LogP contribution in [0, 0.1) is 17.3 Å². The molecule has 0 heterocycles. The van der Waals surface area contributed by atoms with Gasteiger partial charge in [-0.1, -0.05) is 35.8 Å². The minimum absolute atomic E-state index is 0.184. The molecule has 1 aromatic carbocycles. The van der Waals surface area contributed by atoms with Gasteiger partial charge in [-0.15, -0.1) is 0 Å². The maximum atomic E-state index is 13.0. The zero-order valence-electron chi connectivity index (χ0n) is 12.3. The van der Waals surface area contributed by atoms with E-state index in [1.807, 2.05) is 12.1 Å². The van der Waals surface area contributed by atoms with Crippen molar-refractivity contribution in [1.82, 2.24) is 0 Å². The first-order chi connectivity index (χ1) is 9.47. The van der Waals surface area contributed by atoms with Crippen LogP contribution in [0.4, 0.5) is 0 Å². The number of methoxy groups -OCH3 is 1. The molecular formula is C17H21BrO2. The Morgan fingerprint density at radius 2 is 1.90 bits per heavy atom. The van der Waals surface area contributed by atoms with Gasteiger partial charge >= 0.3 is 0 Å². The Kier molecular flexibility index (Phi) is 3.54. The molecular weight excluding hydrogens is 316 g/mol. The smallest absolute Gasteiger partial charge is 0.169 e. The summed E-state index contributed by atoms with van der Waals surface area (Å²) in [6.45, 7) is 4.44. The van der Waals surface area contributed by atoms with Crippen molar-refractivity contribution in [2.75, 3.05) is 7.11 Å². The standard InChI is InChI=1S/C17H21BrO2/c1-10-7-17(8-11(2)15(10)20-3)9-12-4-5-13(18)6-14(12)16(17)19/h4-6,10-11,15H,7-9H2,1-3H3. The highest BCUT2D eigenvalue weighted by Gasteiger charge is 2.51. The molecule has 0 N–H and O–H groups in total. The SMILES string of the molecule is COC1C(C)CC2(Cc3ccc(Br)cc3C2=O)CC1C. The first kappa shape index (κ1) is 14.3. The second-order valence-electron chi connectivity index (χ2n) is 6.65. The molecule has 1 fully saturated rings. The van der Waals surface area contributed by atoms with Gasteiger partial charge in [0.25, 0.3) is 0 Å². The Morgan fingerprint density at radius 1 is 1.25 bits per heavy atom. The predicted octanol–water partition coefficient (Wildman–Crippen LogP) is 4.26. The topological polar surface area (TPSA) is 26.3 Å². The number of hydrogen-bond acceptors (Lipinski definition) is 2. The number of fused-ring (bicyclic) bond motifs is 1. The minimum Gasteiger partial charge on any atom is -0.381 e. The molecule has 2 aliphatic rings. The van der Waals surface area contributed by atoms with Gasteiger partial charge in [0.05, 0.1) is 6.10 Å². The fourth-order valence-corrected chi connectivity index (χ4v) is 4.91. The van der Waals surface area contributed by atoms with Crippen molar-refractivity contribution in [3.8, 4) is 0 Å². The number of ketones is 1. The Hall–Kier alpha value is -0.670. The number of hydrogen-bond donors (Lipinski definition) is 0. The molecule has 1 spiro atoms. The first-order valence-electron chi connectivity index (χ1n) is 7.33. The van der Waals surface area contributed by atoms with E-state index in [9.17, 15) is 4.79 Å². The summed E-state index contributed by atoms with van der Waals surface area (Å²) >= 11 is 3.48. The zero-order valence-corrected chi connectivity index (χ0v) is 13.9. The number of ether oxygens (including phenoxy) is 1. The van der Waals surface area contributed by atoms with Crippen molar-refractivity contribution in [2.24, 2.45) is 17.3 Å². The zero-order chi connectivity index (χ0) is 14.5. The van der Waals surface area contributed by atoms with Crippen LogP contribution in [-0.2, 0) is 11.2 Å². The summed E-state index contributed by atoms with van der Waals surface area (Å²) in [5.74, 6) is 1.22. The second-order valence-corrected chi connectivity index (χ2v) is 7.57. The molecule has 0 aliphatic heterocycles. The number of benzene rings is 1. The lowest BCUT2D eigenvalue weighted by atomic mass is 9.63. The van der Waals surface area contributed by atoms with E-state index < -0.39 is 0 Å². The molecule has 2 aliphatic carbocycles. The lowest BCUT2D eigenvalue weighted by molar-refractivity contribution is -0.0426. The third-order valence-corrected chi connectivity index (χ3v) is 5.64. The van der Waals surface area contributed by atoms with Gasteiger partial charge in [-0.05, 0) is 48.8 Å². The van der Waals surface area contributed by atoms with Crippen molar-refractivity contribution >= 4 is 21.7 Å². The van der Waals surface area contributed by atoms with E-state index in [1.165, 1.54) is 5.56 Å². The summed E-state index contributed by atoms with van der Waals surface area (Å²) in [5.41, 5.74) is 1.96. The molecule has 0 bridgehead atoms. The van der Waals surface area contributed by atoms with Crippen molar-refractivity contribution in [2.45, 2.75) is 39.2 Å². The van der Waals surface area contributed by atoms with Crippen LogP contribution in [0.1, 0.15) is 42.6 Å². The minimum atomic E-state index is -0.184. The number of rotatable bonds is 1. The summed E-state index contributed by atoms with van der Waals surface area (Å²) in [7, 11) is 1.79. The second kappa shape index (κ2) is 4.96. The van der Waals surface area contributed by atoms with E-state index in [0.29, 0.717) is 17.6 Å². The predicted molar refractivity (Wildman–Crippen MR) is 83.0 cm³/mol. The third-order valence-electron chi connectivity index (χ3n) is 5.15. The summed E-state index contributed by atoms with van der Waals surface area (Å²) in [6.07, 6.45) is 3.07. The van der Waals surface area contributed by atoms with Crippen LogP contribution >= 0.6 is 15.9 Å². The van der Waals surface area contributed by atoms with Gasteiger partial charge in [-0.2, -0.15) is 0 Å². The summed E-state index contributed by atoms with van der Waals surface area (Å²) in [4.78, 5) is 13.0. The van der Waals surface area contributed by atoms with Crippen LogP contribution in [0.2, 0.25) is 0 Å². The quantitative estimate of drug-likeness (QED) is 0.766. The van der Waals surface area contributed by atoms with Crippen molar-refractivity contribution < 1.29 is 9.53 Å². The van der Waals surface area contributed by atoms with E-state index in [2.05, 4.69) is 35.8 Å². The van der Waals surface area contributed by atoms with E-state index in [-0.39, 0.29) is 11.5 Å². The average Bonchev–Trinajstić information content (AvgIpc) is 2.63. The van der Waals surface area contributed by atoms with Gasteiger partial charge in [0.15, 0.2) is 5.78 Å². The van der Waals surface area contributed by atoms with Crippen LogP contribution in [0.15, 0.2) is 22.7 Å². The maximum absolute atomic E-state index is 13.0. The maximum Gasteiger partial charge on any atom is 0.169 e. The number of halogens is 1. The molecule has 0 amide bonds. The molecule has 1 saturated carbocycles. The summed E-state index contributed by atoms with van der Waals surface area (Å²) < 4.78 is 6.62. The molecule has 2 atom stereocenters. The Bertz CT molecular complexity index is 540. The highest BCUT2D eigenvalue weighted by molar-refractivity contribution is 9.10. The van der Waals surface area contributed by atoms with Crippen LogP contribution in [0.3, 0.4) is 0 Å². The molecule has 3 rings (SSSR count). The van der Waals surface area contributed by atoms with Gasteiger partial charge in [0.2, 0.25) is 0 Å². The summed E-state index contributed by atoms with van der Waals surface area (Å²) in [6, 6.07) is 6.13. The van der Waals surface area contributed by atoms with Gasteiger partial charge in [0, 0.05) is 22.6 Å². The molecule has 3 heteroatoms. The van der Waals surface area contributed by atoms with E-state index in [1.54, 1.807) is 7.11 Å². The number of carbonyl (C=O) groups is 1. The molecule has 0 saturated heterocycles. The van der Waals surface area contributed by atoms with Gasteiger partial charge < -0.3 is 4.74 Å². The van der Waals surface area contributed by atoms with Gasteiger partial charge in [0.1, 0.15) is 0 Å². The normalized spacial score (nSPS) is 36.4. The molecule has 1 aromatic rings. The highest BCUT2D eigenvalue weighted by atomic mass is 79.9. The molecule has 2 nitrogen and oxygen atoms in total. The highest BCUT2D eigenvalue weighted by Crippen LogP contribution is 2.51. The van der Waals surface area contributed by atoms with Crippen molar-refractivity contribution in [3.05, 3.63) is 33.8 Å². The number of carbonyl (C=O) groups excluding carboxylic acids is 1. The van der Waals surface area contributed by atoms with Crippen molar-refractivity contribution in [1.29, 1.82) is 0 Å². The van der Waals surface area contributed by atoms with Crippen molar-refractivity contribution in [3.63, 3.8) is 0 Å². The van der Waals surface area contributed by atoms with Crippen LogP contribution < -0.4 is 0 Å². The monoisotopic (exact) mass is 336 g/mol. The molecule has 2 unspecified atom stereocenters. The molecule has 0 radical (unpaired) electrons. The molecule has 20 heavy (non-hydrogen) atoms.